The molecule has 0 aliphatic carbocycles. The average molecular weight is 396 g/mol. The summed E-state index contributed by atoms with van der Waals surface area (Å²) >= 11 is 12.2. The smallest absolute Gasteiger partial charge is 0.319 e. The summed E-state index contributed by atoms with van der Waals surface area (Å²) in [5.41, 5.74) is 2.37. The summed E-state index contributed by atoms with van der Waals surface area (Å²) in [4.78, 5) is 16.3. The lowest BCUT2D eigenvalue weighted by Gasteiger charge is -2.09. The van der Waals surface area contributed by atoms with Gasteiger partial charge >= 0.3 is 10.5 Å². The van der Waals surface area contributed by atoms with Crippen molar-refractivity contribution in [2.75, 3.05) is 0 Å². The minimum absolute atomic E-state index is 0.167. The van der Waals surface area contributed by atoms with Gasteiger partial charge in [-0.15, -0.1) is 0 Å². The van der Waals surface area contributed by atoms with Crippen molar-refractivity contribution >= 4 is 50.6 Å². The Morgan fingerprint density at radius 2 is 1.96 bits per heavy atom. The lowest BCUT2D eigenvalue weighted by molar-refractivity contribution is 0.100. The SMILES string of the molecule is Cc1nc2ccc(C(=O)N=S(=O)=O)cc2n1Cc1ccc(Cl)cc1Cl. The summed E-state index contributed by atoms with van der Waals surface area (Å²) in [6, 6.07) is 9.93. The molecule has 0 saturated heterocycles. The third-order valence-electron chi connectivity index (χ3n) is 3.69. The van der Waals surface area contributed by atoms with E-state index >= 15 is 0 Å². The fourth-order valence-corrected chi connectivity index (χ4v) is 3.23. The summed E-state index contributed by atoms with van der Waals surface area (Å²) in [7, 11) is -2.79. The molecule has 0 aliphatic heterocycles. The molecule has 128 valence electrons. The molecule has 0 N–H and O–H groups in total. The Morgan fingerprint density at radius 3 is 2.64 bits per heavy atom. The molecule has 0 saturated carbocycles. The Kier molecular flexibility index (Phi) is 4.89. The zero-order valence-corrected chi connectivity index (χ0v) is 15.2. The standard InChI is InChI=1S/C16H11Cl2N3O3S/c1-9-19-14-5-3-10(16(22)20-25(23)24)6-15(14)21(9)8-11-2-4-12(17)7-13(11)18/h2-7H,8H2,1H3. The fraction of sp³-hybridized carbons (Fsp3) is 0.125. The monoisotopic (exact) mass is 395 g/mol. The second-order valence-corrected chi connectivity index (χ2v) is 6.76. The van der Waals surface area contributed by atoms with Crippen molar-refractivity contribution in [1.82, 2.24) is 9.55 Å². The van der Waals surface area contributed by atoms with Crippen molar-refractivity contribution in [2.24, 2.45) is 4.36 Å². The Bertz CT molecular complexity index is 1130. The van der Waals surface area contributed by atoms with Crippen molar-refractivity contribution in [3.05, 3.63) is 63.4 Å². The van der Waals surface area contributed by atoms with Crippen LogP contribution in [0.3, 0.4) is 0 Å². The number of amides is 1. The van der Waals surface area contributed by atoms with Crippen molar-refractivity contribution in [1.29, 1.82) is 0 Å². The second kappa shape index (κ2) is 6.95. The van der Waals surface area contributed by atoms with Crippen LogP contribution in [0.1, 0.15) is 21.7 Å². The minimum atomic E-state index is -2.79. The van der Waals surface area contributed by atoms with Crippen LogP contribution < -0.4 is 0 Å². The van der Waals surface area contributed by atoms with E-state index in [2.05, 4.69) is 9.35 Å². The van der Waals surface area contributed by atoms with Crippen LogP contribution in [-0.2, 0) is 17.0 Å². The largest absolute Gasteiger partial charge is 0.324 e. The molecular weight excluding hydrogens is 385 g/mol. The predicted molar refractivity (Wildman–Crippen MR) is 95.7 cm³/mol. The number of carbonyl (C=O) groups excluding carboxylic acids is 1. The van der Waals surface area contributed by atoms with E-state index in [1.54, 1.807) is 24.3 Å². The third kappa shape index (κ3) is 3.73. The van der Waals surface area contributed by atoms with Gasteiger partial charge in [0.2, 0.25) is 0 Å². The third-order valence-corrected chi connectivity index (χ3v) is 4.59. The first-order valence-corrected chi connectivity index (χ1v) is 8.90. The lowest BCUT2D eigenvalue weighted by Crippen LogP contribution is -2.03. The number of hydrogen-bond acceptors (Lipinski definition) is 4. The van der Waals surface area contributed by atoms with Crippen LogP contribution >= 0.6 is 23.2 Å². The number of carbonyl (C=O) groups is 1. The molecule has 0 radical (unpaired) electrons. The molecule has 9 heteroatoms. The molecule has 0 atom stereocenters. The molecule has 1 aromatic heterocycles. The van der Waals surface area contributed by atoms with Crippen molar-refractivity contribution in [3.8, 4) is 0 Å². The van der Waals surface area contributed by atoms with Gasteiger partial charge < -0.3 is 4.57 Å². The predicted octanol–water partition coefficient (Wildman–Crippen LogP) is 3.90. The summed E-state index contributed by atoms with van der Waals surface area (Å²) in [6.07, 6.45) is 0. The van der Waals surface area contributed by atoms with E-state index in [1.807, 2.05) is 17.6 Å². The maximum atomic E-state index is 11.8. The van der Waals surface area contributed by atoms with Gasteiger partial charge in [-0.2, -0.15) is 8.42 Å². The van der Waals surface area contributed by atoms with Crippen LogP contribution in [0.4, 0.5) is 0 Å². The molecule has 0 unspecified atom stereocenters. The molecule has 3 aromatic rings. The molecule has 0 fully saturated rings. The molecule has 6 nitrogen and oxygen atoms in total. The molecule has 3 rings (SSSR count). The van der Waals surface area contributed by atoms with E-state index in [0.717, 1.165) is 11.4 Å². The van der Waals surface area contributed by atoms with Gasteiger partial charge in [-0.3, -0.25) is 4.79 Å². The van der Waals surface area contributed by atoms with Gasteiger partial charge in [0.1, 0.15) is 5.82 Å². The van der Waals surface area contributed by atoms with Crippen LogP contribution in [-0.4, -0.2) is 23.9 Å². The van der Waals surface area contributed by atoms with E-state index in [0.29, 0.717) is 27.6 Å². The molecule has 1 heterocycles. The maximum Gasteiger partial charge on any atom is 0.319 e. The van der Waals surface area contributed by atoms with Crippen LogP contribution in [0.15, 0.2) is 40.8 Å². The van der Waals surface area contributed by atoms with Crippen LogP contribution in [0.5, 0.6) is 0 Å². The van der Waals surface area contributed by atoms with Crippen molar-refractivity contribution < 1.29 is 13.2 Å². The number of benzene rings is 2. The first kappa shape index (κ1) is 17.6. The number of aromatic nitrogens is 2. The Balaban J connectivity index is 2.09. The quantitative estimate of drug-likeness (QED) is 0.673. The highest BCUT2D eigenvalue weighted by atomic mass is 35.5. The Labute approximate surface area is 154 Å². The number of hydrogen-bond donors (Lipinski definition) is 0. The van der Waals surface area contributed by atoms with Gasteiger partial charge in [0.05, 0.1) is 17.6 Å². The number of imidazole rings is 1. The maximum absolute atomic E-state index is 11.8. The summed E-state index contributed by atoms with van der Waals surface area (Å²) in [5, 5.41) is 1.07. The first-order chi connectivity index (χ1) is 11.8. The van der Waals surface area contributed by atoms with Gasteiger partial charge in [-0.1, -0.05) is 33.6 Å². The zero-order chi connectivity index (χ0) is 18.1. The van der Waals surface area contributed by atoms with Gasteiger partial charge in [0.15, 0.2) is 0 Å². The van der Waals surface area contributed by atoms with Crippen molar-refractivity contribution in [3.63, 3.8) is 0 Å². The van der Waals surface area contributed by atoms with Gasteiger partial charge in [0, 0.05) is 15.6 Å². The number of halogens is 2. The van der Waals surface area contributed by atoms with Crippen LogP contribution in [0.25, 0.3) is 11.0 Å². The van der Waals surface area contributed by atoms with E-state index < -0.39 is 16.4 Å². The number of aryl methyl sites for hydroxylation is 1. The molecule has 0 bridgehead atoms. The van der Waals surface area contributed by atoms with E-state index in [1.165, 1.54) is 6.07 Å². The Hall–Kier alpha value is -2.22. The molecule has 25 heavy (non-hydrogen) atoms. The molecule has 2 aromatic carbocycles. The number of rotatable bonds is 3. The number of fused-ring (bicyclic) bond motifs is 1. The van der Waals surface area contributed by atoms with Gasteiger partial charge in [-0.05, 0) is 42.8 Å². The topological polar surface area (TPSA) is 81.4 Å². The highest BCUT2D eigenvalue weighted by molar-refractivity contribution is 7.62. The molecule has 1 amide bonds. The zero-order valence-electron chi connectivity index (χ0n) is 12.9. The van der Waals surface area contributed by atoms with E-state index in [-0.39, 0.29) is 5.56 Å². The molecule has 0 aliphatic rings. The second-order valence-electron chi connectivity index (χ2n) is 5.30. The summed E-state index contributed by atoms with van der Waals surface area (Å²) in [6.45, 7) is 2.27. The Morgan fingerprint density at radius 1 is 1.20 bits per heavy atom. The van der Waals surface area contributed by atoms with Crippen LogP contribution in [0, 0.1) is 6.92 Å². The van der Waals surface area contributed by atoms with Gasteiger partial charge in [-0.25, -0.2) is 4.98 Å². The lowest BCUT2D eigenvalue weighted by atomic mass is 10.2. The fourth-order valence-electron chi connectivity index (χ4n) is 2.52. The van der Waals surface area contributed by atoms with E-state index in [4.69, 9.17) is 23.2 Å². The first-order valence-electron chi connectivity index (χ1n) is 7.11. The number of nitrogens with zero attached hydrogens (tertiary/aromatic N) is 3. The molecular formula is C16H11Cl2N3O3S. The summed E-state index contributed by atoms with van der Waals surface area (Å²) < 4.78 is 26.1. The molecule has 0 spiro atoms. The summed E-state index contributed by atoms with van der Waals surface area (Å²) in [5.74, 6) is -0.0971. The average Bonchev–Trinajstić information content (AvgIpc) is 2.84. The van der Waals surface area contributed by atoms with Crippen molar-refractivity contribution in [2.45, 2.75) is 13.5 Å². The highest BCUT2D eigenvalue weighted by Crippen LogP contribution is 2.25. The normalized spacial score (nSPS) is 10.8. The van der Waals surface area contributed by atoms with Crippen LogP contribution in [0.2, 0.25) is 10.0 Å². The van der Waals surface area contributed by atoms with Gasteiger partial charge in [0.25, 0.3) is 5.91 Å². The van der Waals surface area contributed by atoms with E-state index in [9.17, 15) is 13.2 Å². The minimum Gasteiger partial charge on any atom is -0.324 e. The highest BCUT2D eigenvalue weighted by Gasteiger charge is 2.13.